The summed E-state index contributed by atoms with van der Waals surface area (Å²) in [7, 11) is 0. The molecule has 6 heteroatoms. The average Bonchev–Trinajstić information content (AvgIpc) is 3.30. The van der Waals surface area contributed by atoms with Crippen molar-refractivity contribution in [1.82, 2.24) is 10.2 Å². The predicted molar refractivity (Wildman–Crippen MR) is 88.2 cm³/mol. The summed E-state index contributed by atoms with van der Waals surface area (Å²) in [5, 5.41) is 6.24. The summed E-state index contributed by atoms with van der Waals surface area (Å²) in [6, 6.07) is 5.14. The van der Waals surface area contributed by atoms with Crippen molar-refractivity contribution in [2.75, 3.05) is 25.0 Å². The number of halogens is 1. The molecule has 0 radical (unpaired) electrons. The molecule has 0 aromatic heterocycles. The molecular weight excluding hydrogens is 302 g/mol. The Balaban J connectivity index is 1.87. The highest BCUT2D eigenvalue weighted by molar-refractivity contribution is 6.31. The molecule has 1 fully saturated rings. The van der Waals surface area contributed by atoms with Crippen molar-refractivity contribution in [3.63, 3.8) is 0 Å². The van der Waals surface area contributed by atoms with Crippen LogP contribution in [0.4, 0.5) is 10.5 Å². The maximum Gasteiger partial charge on any atom is 0.317 e. The van der Waals surface area contributed by atoms with Crippen LogP contribution in [0.25, 0.3) is 0 Å². The molecule has 1 aliphatic carbocycles. The smallest absolute Gasteiger partial charge is 0.317 e. The number of carbonyl (C=O) groups excluding carboxylic acids is 2. The van der Waals surface area contributed by atoms with E-state index in [0.717, 1.165) is 5.56 Å². The van der Waals surface area contributed by atoms with Crippen LogP contribution in [0, 0.1) is 12.8 Å². The molecule has 2 N–H and O–H groups in total. The lowest BCUT2D eigenvalue weighted by molar-refractivity contribution is -0.116. The molecule has 1 aliphatic rings. The van der Waals surface area contributed by atoms with E-state index in [-0.39, 0.29) is 18.5 Å². The molecule has 1 saturated carbocycles. The minimum atomic E-state index is -0.228. The second-order valence-electron chi connectivity index (χ2n) is 5.65. The number of carbonyl (C=O) groups is 2. The van der Waals surface area contributed by atoms with Gasteiger partial charge in [0.1, 0.15) is 6.54 Å². The Hall–Kier alpha value is -1.75. The quantitative estimate of drug-likeness (QED) is 0.845. The van der Waals surface area contributed by atoms with E-state index < -0.39 is 0 Å². The molecule has 22 heavy (non-hydrogen) atoms. The lowest BCUT2D eigenvalue weighted by Crippen LogP contribution is -2.44. The molecule has 0 unspecified atom stereocenters. The van der Waals surface area contributed by atoms with E-state index in [1.807, 2.05) is 19.9 Å². The van der Waals surface area contributed by atoms with Crippen LogP contribution in [0.15, 0.2) is 18.2 Å². The first kappa shape index (κ1) is 16.6. The van der Waals surface area contributed by atoms with Crippen molar-refractivity contribution in [3.8, 4) is 0 Å². The summed E-state index contributed by atoms with van der Waals surface area (Å²) in [6.45, 7) is 4.96. The molecule has 120 valence electrons. The lowest BCUT2D eigenvalue weighted by atomic mass is 10.2. The van der Waals surface area contributed by atoms with Gasteiger partial charge in [-0.25, -0.2) is 4.79 Å². The number of nitrogens with zero attached hydrogens (tertiary/aromatic N) is 1. The standard InChI is InChI=1S/C16H22ClN3O2/c1-3-20(16(22)18-9-12-5-6-12)10-15(21)19-14-8-13(17)7-4-11(14)2/h4,7-8,12H,3,5-6,9-10H2,1-2H3,(H,18,22)(H,19,21). The molecule has 3 amide bonds. The van der Waals surface area contributed by atoms with Gasteiger partial charge in [0, 0.05) is 23.8 Å². The highest BCUT2D eigenvalue weighted by Gasteiger charge is 2.23. The first-order valence-electron chi connectivity index (χ1n) is 7.58. The molecule has 1 aromatic rings. The van der Waals surface area contributed by atoms with E-state index in [1.54, 1.807) is 12.1 Å². The number of amides is 3. The number of benzene rings is 1. The van der Waals surface area contributed by atoms with E-state index in [2.05, 4.69) is 10.6 Å². The summed E-state index contributed by atoms with van der Waals surface area (Å²) in [4.78, 5) is 25.7. The summed E-state index contributed by atoms with van der Waals surface area (Å²) in [5.74, 6) is 0.388. The van der Waals surface area contributed by atoms with Gasteiger partial charge in [0.25, 0.3) is 0 Å². The normalized spacial score (nSPS) is 13.6. The van der Waals surface area contributed by atoms with Gasteiger partial charge < -0.3 is 15.5 Å². The van der Waals surface area contributed by atoms with Crippen LogP contribution in [0.3, 0.4) is 0 Å². The number of hydrogen-bond acceptors (Lipinski definition) is 2. The van der Waals surface area contributed by atoms with Crippen molar-refractivity contribution < 1.29 is 9.59 Å². The largest absolute Gasteiger partial charge is 0.338 e. The van der Waals surface area contributed by atoms with E-state index in [9.17, 15) is 9.59 Å². The Bertz CT molecular complexity index is 558. The van der Waals surface area contributed by atoms with Gasteiger partial charge in [-0.15, -0.1) is 0 Å². The van der Waals surface area contributed by atoms with Crippen molar-refractivity contribution in [2.45, 2.75) is 26.7 Å². The van der Waals surface area contributed by atoms with Crippen LogP contribution in [0.5, 0.6) is 0 Å². The van der Waals surface area contributed by atoms with Gasteiger partial charge >= 0.3 is 6.03 Å². The van der Waals surface area contributed by atoms with Gasteiger partial charge in [0.05, 0.1) is 0 Å². The van der Waals surface area contributed by atoms with E-state index >= 15 is 0 Å². The van der Waals surface area contributed by atoms with E-state index in [0.29, 0.717) is 29.7 Å². The third kappa shape index (κ3) is 4.91. The maximum atomic E-state index is 12.1. The van der Waals surface area contributed by atoms with Crippen molar-refractivity contribution in [1.29, 1.82) is 0 Å². The van der Waals surface area contributed by atoms with Crippen LogP contribution in [0.2, 0.25) is 5.02 Å². The van der Waals surface area contributed by atoms with Gasteiger partial charge in [-0.3, -0.25) is 4.79 Å². The van der Waals surface area contributed by atoms with Gasteiger partial charge in [0.2, 0.25) is 5.91 Å². The van der Waals surface area contributed by atoms with Crippen LogP contribution in [-0.2, 0) is 4.79 Å². The number of rotatable bonds is 6. The number of aryl methyl sites for hydroxylation is 1. The Morgan fingerprint density at radius 3 is 2.73 bits per heavy atom. The Labute approximate surface area is 136 Å². The fourth-order valence-electron chi connectivity index (χ4n) is 2.08. The van der Waals surface area contributed by atoms with Crippen molar-refractivity contribution in [3.05, 3.63) is 28.8 Å². The number of nitrogens with one attached hydrogen (secondary N) is 2. The van der Waals surface area contributed by atoms with Crippen LogP contribution in [-0.4, -0.2) is 36.5 Å². The molecule has 0 atom stereocenters. The Morgan fingerprint density at radius 2 is 2.09 bits per heavy atom. The summed E-state index contributed by atoms with van der Waals surface area (Å²) in [6.07, 6.45) is 2.36. The fraction of sp³-hybridized carbons (Fsp3) is 0.500. The number of hydrogen-bond donors (Lipinski definition) is 2. The minimum absolute atomic E-state index is 0.0267. The minimum Gasteiger partial charge on any atom is -0.338 e. The first-order valence-corrected chi connectivity index (χ1v) is 7.96. The van der Waals surface area contributed by atoms with Gasteiger partial charge in [-0.2, -0.15) is 0 Å². The van der Waals surface area contributed by atoms with Crippen molar-refractivity contribution in [2.24, 2.45) is 5.92 Å². The first-order chi connectivity index (χ1) is 10.5. The molecule has 0 bridgehead atoms. The topological polar surface area (TPSA) is 61.4 Å². The van der Waals surface area contributed by atoms with Gasteiger partial charge in [-0.05, 0) is 50.3 Å². The molecular formula is C16H22ClN3O2. The third-order valence-electron chi connectivity index (χ3n) is 3.72. The zero-order chi connectivity index (χ0) is 16.1. The molecule has 5 nitrogen and oxygen atoms in total. The molecule has 0 heterocycles. The second-order valence-corrected chi connectivity index (χ2v) is 6.09. The Kier molecular flexibility index (Phi) is 5.66. The molecule has 2 rings (SSSR count). The maximum absolute atomic E-state index is 12.1. The molecule has 0 aliphatic heterocycles. The van der Waals surface area contributed by atoms with Gasteiger partial charge in [-0.1, -0.05) is 17.7 Å². The van der Waals surface area contributed by atoms with Crippen LogP contribution in [0.1, 0.15) is 25.3 Å². The number of urea groups is 1. The lowest BCUT2D eigenvalue weighted by Gasteiger charge is -2.21. The second kappa shape index (κ2) is 7.49. The van der Waals surface area contributed by atoms with Crippen LogP contribution < -0.4 is 10.6 Å². The molecule has 0 spiro atoms. The summed E-state index contributed by atoms with van der Waals surface area (Å²) in [5.41, 5.74) is 1.60. The monoisotopic (exact) mass is 323 g/mol. The number of anilines is 1. The zero-order valence-corrected chi connectivity index (χ0v) is 13.7. The molecule has 1 aromatic carbocycles. The molecule has 0 saturated heterocycles. The number of likely N-dealkylation sites (N-methyl/N-ethyl adjacent to an activating group) is 1. The van der Waals surface area contributed by atoms with E-state index in [4.69, 9.17) is 11.6 Å². The highest BCUT2D eigenvalue weighted by atomic mass is 35.5. The zero-order valence-electron chi connectivity index (χ0n) is 13.0. The SMILES string of the molecule is CCN(CC(=O)Nc1cc(Cl)ccc1C)C(=O)NCC1CC1. The average molecular weight is 324 g/mol. The summed E-state index contributed by atoms with van der Waals surface area (Å²) < 4.78 is 0. The Morgan fingerprint density at radius 1 is 1.36 bits per heavy atom. The fourth-order valence-corrected chi connectivity index (χ4v) is 2.26. The van der Waals surface area contributed by atoms with Gasteiger partial charge in [0.15, 0.2) is 0 Å². The van der Waals surface area contributed by atoms with E-state index in [1.165, 1.54) is 17.7 Å². The highest BCUT2D eigenvalue weighted by Crippen LogP contribution is 2.27. The van der Waals surface area contributed by atoms with Crippen LogP contribution >= 0.6 is 11.6 Å². The summed E-state index contributed by atoms with van der Waals surface area (Å²) >= 11 is 5.93. The van der Waals surface area contributed by atoms with Crippen molar-refractivity contribution >= 4 is 29.2 Å². The third-order valence-corrected chi connectivity index (χ3v) is 3.95. The predicted octanol–water partition coefficient (Wildman–Crippen LogP) is 3.03.